The topological polar surface area (TPSA) is 78.4 Å². The molecule has 0 aromatic carbocycles. The third-order valence-corrected chi connectivity index (χ3v) is 1.47. The van der Waals surface area contributed by atoms with Crippen LogP contribution in [0.15, 0.2) is 17.8 Å². The second-order valence-corrected chi connectivity index (χ2v) is 2.45. The van der Waals surface area contributed by atoms with Crippen molar-refractivity contribution in [3.05, 3.63) is 12.7 Å². The number of nitrogens with two attached hydrogens (primary N) is 2. The molecule has 0 aliphatic carbocycles. The van der Waals surface area contributed by atoms with E-state index >= 15 is 0 Å². The van der Waals surface area contributed by atoms with E-state index < -0.39 is 0 Å². The van der Waals surface area contributed by atoms with E-state index in [9.17, 15) is 0 Å². The molecule has 0 saturated carbocycles. The predicted molar refractivity (Wildman–Crippen MR) is 52.7 cm³/mol. The molecule has 5 N–H and O–H groups in total. The van der Waals surface area contributed by atoms with Crippen LogP contribution in [0.25, 0.3) is 0 Å². The van der Waals surface area contributed by atoms with Crippen LogP contribution < -0.4 is 16.6 Å². The fourth-order valence-corrected chi connectivity index (χ4v) is 0.725. The molecule has 0 aromatic rings. The van der Waals surface area contributed by atoms with Gasteiger partial charge in [0.1, 0.15) is 0 Å². The minimum absolute atomic E-state index is 0. The van der Waals surface area contributed by atoms with Gasteiger partial charge in [-0.1, -0.05) is 17.8 Å². The number of hydrogen-bond acceptors (Lipinski definition) is 3. The molecule has 64 valence electrons. The van der Waals surface area contributed by atoms with Gasteiger partial charge in [0.2, 0.25) is 6.34 Å². The van der Waals surface area contributed by atoms with Crippen molar-refractivity contribution in [1.82, 2.24) is 0 Å². The smallest absolute Gasteiger partial charge is 0.253 e. The molecule has 0 heterocycles. The number of hydrazone groups is 1. The van der Waals surface area contributed by atoms with Gasteiger partial charge in [-0.3, -0.25) is 5.84 Å². The summed E-state index contributed by atoms with van der Waals surface area (Å²) in [5.74, 6) is 5.59. The van der Waals surface area contributed by atoms with Crippen molar-refractivity contribution in [2.24, 2.45) is 16.7 Å². The molecule has 0 atom stereocenters. The summed E-state index contributed by atoms with van der Waals surface area (Å²) in [6, 6.07) is 0. The highest BCUT2D eigenvalue weighted by atomic mass is 35.5. The van der Waals surface area contributed by atoms with Crippen molar-refractivity contribution in [2.75, 3.05) is 5.75 Å². The van der Waals surface area contributed by atoms with Crippen LogP contribution in [0.3, 0.4) is 0 Å². The first-order valence-corrected chi connectivity index (χ1v) is 3.64. The summed E-state index contributed by atoms with van der Waals surface area (Å²) in [6.45, 7) is 3.54. The van der Waals surface area contributed by atoms with Crippen LogP contribution in [0.1, 0.15) is 0 Å². The average molecular weight is 196 g/mol. The molecule has 0 unspecified atom stereocenters. The number of thioether (sulfide) groups is 1. The van der Waals surface area contributed by atoms with Crippen LogP contribution in [0.2, 0.25) is 0 Å². The summed E-state index contributed by atoms with van der Waals surface area (Å²) in [5.41, 5.74) is 5.42. The van der Waals surface area contributed by atoms with E-state index in [4.69, 9.17) is 11.6 Å². The van der Waals surface area contributed by atoms with E-state index in [1.807, 2.05) is 0 Å². The van der Waals surface area contributed by atoms with E-state index in [1.165, 1.54) is 18.1 Å². The summed E-state index contributed by atoms with van der Waals surface area (Å²) in [5, 5.41) is 3.77. The SMILES string of the molecule is C=CCSC(N)=[NH+]/C=N/N.Cl. The average Bonchev–Trinajstić information content (AvgIpc) is 1.97. The highest BCUT2D eigenvalue weighted by Crippen LogP contribution is 1.92. The number of nitrogens with one attached hydrogen (secondary N) is 1. The van der Waals surface area contributed by atoms with Crippen molar-refractivity contribution in [3.63, 3.8) is 0 Å². The Labute approximate surface area is 76.2 Å². The van der Waals surface area contributed by atoms with Gasteiger partial charge in [0.25, 0.3) is 5.17 Å². The minimum atomic E-state index is 0. The monoisotopic (exact) mass is 195 g/mol. The summed E-state index contributed by atoms with van der Waals surface area (Å²) in [7, 11) is 0. The summed E-state index contributed by atoms with van der Waals surface area (Å²) in [4.78, 5) is 2.66. The zero-order valence-corrected chi connectivity index (χ0v) is 7.62. The highest BCUT2D eigenvalue weighted by molar-refractivity contribution is 8.13. The van der Waals surface area contributed by atoms with Crippen LogP contribution in [-0.2, 0) is 0 Å². The Bertz CT molecular complexity index is 157. The first-order valence-electron chi connectivity index (χ1n) is 2.65. The van der Waals surface area contributed by atoms with Crippen LogP contribution in [-0.4, -0.2) is 17.3 Å². The summed E-state index contributed by atoms with van der Waals surface area (Å²) >= 11 is 1.43. The molecule has 0 aromatic heterocycles. The fraction of sp³-hybridized carbons (Fsp3) is 0.200. The van der Waals surface area contributed by atoms with Gasteiger partial charge in [0.05, 0.1) is 0 Å². The van der Waals surface area contributed by atoms with Gasteiger partial charge < -0.3 is 5.73 Å². The van der Waals surface area contributed by atoms with Crippen LogP contribution in [0.4, 0.5) is 0 Å². The maximum Gasteiger partial charge on any atom is 0.253 e. The number of amidine groups is 1. The molecule has 0 rings (SSSR count). The van der Waals surface area contributed by atoms with Crippen LogP contribution >= 0.6 is 24.2 Å². The van der Waals surface area contributed by atoms with Gasteiger partial charge in [-0.15, -0.1) is 19.0 Å². The molecular formula is C5H12ClN4S+. The van der Waals surface area contributed by atoms with E-state index in [0.717, 1.165) is 5.75 Å². The normalized spacial score (nSPS) is 11.1. The molecule has 6 heteroatoms. The Morgan fingerprint density at radius 2 is 2.36 bits per heavy atom. The number of rotatable bonds is 3. The van der Waals surface area contributed by atoms with Gasteiger partial charge in [-0.05, 0) is 5.10 Å². The molecule has 0 bridgehead atoms. The van der Waals surface area contributed by atoms with E-state index in [-0.39, 0.29) is 12.4 Å². The molecule has 11 heavy (non-hydrogen) atoms. The lowest BCUT2D eigenvalue weighted by Crippen LogP contribution is -2.73. The maximum atomic E-state index is 5.42. The number of nitrogens with zero attached hydrogens (tertiary/aromatic N) is 1. The molecule has 0 saturated heterocycles. The largest absolute Gasteiger partial charge is 0.313 e. The van der Waals surface area contributed by atoms with E-state index in [0.29, 0.717) is 5.17 Å². The van der Waals surface area contributed by atoms with Crippen molar-refractivity contribution >= 4 is 35.7 Å². The first-order chi connectivity index (χ1) is 4.81. The Kier molecular flexibility index (Phi) is 11.0. The number of halogens is 1. The van der Waals surface area contributed by atoms with Crippen molar-refractivity contribution in [2.45, 2.75) is 0 Å². The van der Waals surface area contributed by atoms with Gasteiger partial charge in [-0.25, -0.2) is 4.99 Å². The highest BCUT2D eigenvalue weighted by Gasteiger charge is 1.91. The fourth-order valence-electron chi connectivity index (χ4n) is 0.291. The standard InChI is InChI=1S/C5H10N4S.ClH/c1-2-3-10-5(6)8-4-9-7;/h2,4H,1,3,7H2,(H2,6,8,9);1H/p+1. The minimum Gasteiger partial charge on any atom is -0.313 e. The molecule has 0 radical (unpaired) electrons. The van der Waals surface area contributed by atoms with Gasteiger partial charge >= 0.3 is 0 Å². The Morgan fingerprint density at radius 3 is 2.82 bits per heavy atom. The lowest BCUT2D eigenvalue weighted by molar-refractivity contribution is -0.301. The van der Waals surface area contributed by atoms with Gasteiger partial charge in [0.15, 0.2) is 0 Å². The first kappa shape index (κ1) is 12.9. The van der Waals surface area contributed by atoms with Crippen LogP contribution in [0, 0.1) is 0 Å². The zero-order valence-electron chi connectivity index (χ0n) is 5.99. The Balaban J connectivity index is 0. The maximum absolute atomic E-state index is 5.42. The molecule has 0 fully saturated rings. The summed E-state index contributed by atoms with van der Waals surface area (Å²) in [6.07, 6.45) is 3.09. The molecule has 0 amide bonds. The third-order valence-electron chi connectivity index (χ3n) is 0.638. The van der Waals surface area contributed by atoms with Crippen molar-refractivity contribution in [1.29, 1.82) is 0 Å². The van der Waals surface area contributed by atoms with Crippen molar-refractivity contribution < 1.29 is 4.99 Å². The quantitative estimate of drug-likeness (QED) is 0.171. The third kappa shape index (κ3) is 9.32. The van der Waals surface area contributed by atoms with E-state index in [1.54, 1.807) is 6.08 Å². The van der Waals surface area contributed by atoms with Gasteiger partial charge in [0, 0.05) is 5.75 Å². The Hall–Kier alpha value is -0.680. The molecule has 0 aliphatic rings. The molecule has 0 aliphatic heterocycles. The van der Waals surface area contributed by atoms with Crippen LogP contribution in [0.5, 0.6) is 0 Å². The number of hydrogen-bond donors (Lipinski definition) is 3. The second kappa shape index (κ2) is 9.32. The lowest BCUT2D eigenvalue weighted by Gasteiger charge is -1.87. The lowest BCUT2D eigenvalue weighted by atomic mass is 10.8. The molecule has 0 spiro atoms. The second-order valence-electron chi connectivity index (χ2n) is 1.39. The summed E-state index contributed by atoms with van der Waals surface area (Å²) < 4.78 is 0. The molecular weight excluding hydrogens is 184 g/mol. The van der Waals surface area contributed by atoms with Crippen molar-refractivity contribution in [3.8, 4) is 0 Å². The molecule has 4 nitrogen and oxygen atoms in total. The predicted octanol–water partition coefficient (Wildman–Crippen LogP) is -1.38. The van der Waals surface area contributed by atoms with E-state index in [2.05, 4.69) is 16.7 Å². The zero-order chi connectivity index (χ0) is 7.82. The van der Waals surface area contributed by atoms with Gasteiger partial charge in [-0.2, -0.15) is 0 Å². The Morgan fingerprint density at radius 1 is 1.73 bits per heavy atom.